The van der Waals surface area contributed by atoms with Crippen molar-refractivity contribution in [1.29, 1.82) is 0 Å². The Bertz CT molecular complexity index is 416. The molecular weight excluding hydrogens is 204 g/mol. The van der Waals surface area contributed by atoms with E-state index < -0.39 is 10.8 Å². The van der Waals surface area contributed by atoms with Gasteiger partial charge in [0.25, 0.3) is 11.6 Å². The van der Waals surface area contributed by atoms with Crippen LogP contribution in [0.4, 0.5) is 5.69 Å². The average Bonchev–Trinajstić information content (AvgIpc) is 2.61. The lowest BCUT2D eigenvalue weighted by Gasteiger charge is -2.00. The third-order valence-corrected chi connectivity index (χ3v) is 1.95. The van der Waals surface area contributed by atoms with Gasteiger partial charge in [0, 0.05) is 6.07 Å². The molecule has 0 unspecified atom stereocenters. The van der Waals surface area contributed by atoms with Gasteiger partial charge in [0.15, 0.2) is 11.5 Å². The van der Waals surface area contributed by atoms with Crippen LogP contribution < -0.4 is 15.2 Å². The summed E-state index contributed by atoms with van der Waals surface area (Å²) in [6, 6.07) is 2.34. The van der Waals surface area contributed by atoms with E-state index in [2.05, 4.69) is 0 Å². The molecule has 0 radical (unpaired) electrons. The fourth-order valence-electron chi connectivity index (χ4n) is 1.28. The minimum Gasteiger partial charge on any atom is -0.454 e. The molecule has 1 aliphatic rings. The highest BCUT2D eigenvalue weighted by Crippen LogP contribution is 2.37. The molecule has 0 atom stereocenters. The molecule has 1 aromatic carbocycles. The van der Waals surface area contributed by atoms with Crippen molar-refractivity contribution in [2.45, 2.75) is 0 Å². The molecule has 15 heavy (non-hydrogen) atoms. The zero-order valence-electron chi connectivity index (χ0n) is 7.43. The van der Waals surface area contributed by atoms with Crippen molar-refractivity contribution in [2.24, 2.45) is 5.73 Å². The van der Waals surface area contributed by atoms with Crippen LogP contribution in [-0.2, 0) is 0 Å². The zero-order chi connectivity index (χ0) is 11.0. The fraction of sp³-hybridized carbons (Fsp3) is 0.125. The van der Waals surface area contributed by atoms with E-state index in [0.29, 0.717) is 0 Å². The van der Waals surface area contributed by atoms with Crippen LogP contribution in [0.15, 0.2) is 12.1 Å². The van der Waals surface area contributed by atoms with Gasteiger partial charge in [0.2, 0.25) is 6.79 Å². The molecule has 0 aromatic heterocycles. The number of ether oxygens (including phenoxy) is 2. The van der Waals surface area contributed by atoms with Crippen LogP contribution in [0.25, 0.3) is 0 Å². The Labute approximate surface area is 83.5 Å². The molecule has 2 rings (SSSR count). The number of benzene rings is 1. The number of nitrogens with zero attached hydrogens (tertiary/aromatic N) is 1. The maximum Gasteiger partial charge on any atom is 0.286 e. The van der Waals surface area contributed by atoms with Crippen molar-refractivity contribution < 1.29 is 19.2 Å². The molecule has 1 amide bonds. The molecule has 0 spiro atoms. The summed E-state index contributed by atoms with van der Waals surface area (Å²) in [4.78, 5) is 20.9. The highest BCUT2D eigenvalue weighted by molar-refractivity contribution is 5.97. The van der Waals surface area contributed by atoms with Gasteiger partial charge in [-0.25, -0.2) is 0 Å². The van der Waals surface area contributed by atoms with Crippen molar-refractivity contribution in [3.05, 3.63) is 27.8 Å². The lowest BCUT2D eigenvalue weighted by Crippen LogP contribution is -2.13. The molecule has 1 aromatic rings. The number of carbonyl (C=O) groups excluding carboxylic acids is 1. The molecule has 1 heterocycles. The van der Waals surface area contributed by atoms with E-state index >= 15 is 0 Å². The first-order chi connectivity index (χ1) is 7.09. The van der Waals surface area contributed by atoms with Gasteiger partial charge in [0.05, 0.1) is 11.0 Å². The molecule has 0 bridgehead atoms. The largest absolute Gasteiger partial charge is 0.454 e. The molecule has 7 nitrogen and oxygen atoms in total. The van der Waals surface area contributed by atoms with Crippen molar-refractivity contribution in [3.63, 3.8) is 0 Å². The molecule has 1 aliphatic heterocycles. The number of nitrogens with two attached hydrogens (primary N) is 1. The standard InChI is InChI=1S/C8H6N2O5/c9-8(11)4-1-6-7(15-3-14-6)2-5(4)10(12)13/h1-2H,3H2,(H2,9,11). The highest BCUT2D eigenvalue weighted by Gasteiger charge is 2.25. The number of hydrogen-bond acceptors (Lipinski definition) is 5. The second-order valence-electron chi connectivity index (χ2n) is 2.84. The Hall–Kier alpha value is -2.31. The Morgan fingerprint density at radius 3 is 2.53 bits per heavy atom. The van der Waals surface area contributed by atoms with Gasteiger partial charge in [-0.2, -0.15) is 0 Å². The van der Waals surface area contributed by atoms with Crippen molar-refractivity contribution >= 4 is 11.6 Å². The van der Waals surface area contributed by atoms with Gasteiger partial charge in [-0.3, -0.25) is 14.9 Å². The second-order valence-corrected chi connectivity index (χ2v) is 2.84. The molecule has 0 saturated carbocycles. The third kappa shape index (κ3) is 1.43. The van der Waals surface area contributed by atoms with Crippen LogP contribution in [0.5, 0.6) is 11.5 Å². The molecule has 7 heteroatoms. The second kappa shape index (κ2) is 3.12. The summed E-state index contributed by atoms with van der Waals surface area (Å²) in [7, 11) is 0. The van der Waals surface area contributed by atoms with Gasteiger partial charge in [-0.1, -0.05) is 0 Å². The molecule has 0 aliphatic carbocycles. The van der Waals surface area contributed by atoms with Crippen molar-refractivity contribution in [1.82, 2.24) is 0 Å². The number of nitro benzene ring substituents is 1. The van der Waals surface area contributed by atoms with Crippen LogP contribution in [0.1, 0.15) is 10.4 Å². The Morgan fingerprint density at radius 1 is 1.40 bits per heavy atom. The molecule has 0 saturated heterocycles. The van der Waals surface area contributed by atoms with Crippen LogP contribution >= 0.6 is 0 Å². The number of primary amides is 1. The first kappa shape index (κ1) is 9.25. The van der Waals surface area contributed by atoms with Crippen molar-refractivity contribution in [3.8, 4) is 11.5 Å². The van der Waals surface area contributed by atoms with E-state index in [4.69, 9.17) is 15.2 Å². The summed E-state index contributed by atoms with van der Waals surface area (Å²) in [6.07, 6.45) is 0. The number of nitro groups is 1. The summed E-state index contributed by atoms with van der Waals surface area (Å²) < 4.78 is 9.92. The van der Waals surface area contributed by atoms with Crippen LogP contribution in [0.2, 0.25) is 0 Å². The Balaban J connectivity index is 2.62. The summed E-state index contributed by atoms with van der Waals surface area (Å²) >= 11 is 0. The predicted octanol–water partition coefficient (Wildman–Crippen LogP) is 0.422. The topological polar surface area (TPSA) is 105 Å². The van der Waals surface area contributed by atoms with Crippen LogP contribution in [-0.4, -0.2) is 17.6 Å². The minimum atomic E-state index is -0.875. The normalized spacial score (nSPS) is 12.5. The SMILES string of the molecule is NC(=O)c1cc2c(cc1[N+](=O)[O-])OCO2. The number of carbonyl (C=O) groups is 1. The maximum atomic E-state index is 10.9. The predicted molar refractivity (Wildman–Crippen MR) is 47.7 cm³/mol. The monoisotopic (exact) mass is 210 g/mol. The van der Waals surface area contributed by atoms with Gasteiger partial charge in [-0.15, -0.1) is 0 Å². The average molecular weight is 210 g/mol. The van der Waals surface area contributed by atoms with E-state index in [9.17, 15) is 14.9 Å². The minimum absolute atomic E-state index is 0.0191. The fourth-order valence-corrected chi connectivity index (χ4v) is 1.28. The lowest BCUT2D eigenvalue weighted by molar-refractivity contribution is -0.385. The van der Waals surface area contributed by atoms with Gasteiger partial charge in [0.1, 0.15) is 5.56 Å². The Kier molecular flexibility index (Phi) is 1.93. The summed E-state index contributed by atoms with van der Waals surface area (Å²) in [6.45, 7) is -0.0191. The molecule has 2 N–H and O–H groups in total. The van der Waals surface area contributed by atoms with Gasteiger partial charge >= 0.3 is 0 Å². The van der Waals surface area contributed by atoms with Crippen molar-refractivity contribution in [2.75, 3.05) is 6.79 Å². The van der Waals surface area contributed by atoms with E-state index in [1.165, 1.54) is 6.07 Å². The number of amides is 1. The number of rotatable bonds is 2. The summed E-state index contributed by atoms with van der Waals surface area (Å²) in [5.74, 6) is -0.346. The van der Waals surface area contributed by atoms with Gasteiger partial charge < -0.3 is 15.2 Å². The first-order valence-corrected chi connectivity index (χ1v) is 3.97. The number of hydrogen-bond donors (Lipinski definition) is 1. The Morgan fingerprint density at radius 2 is 2.00 bits per heavy atom. The molecular formula is C8H6N2O5. The third-order valence-electron chi connectivity index (χ3n) is 1.95. The van der Waals surface area contributed by atoms with E-state index in [-0.39, 0.29) is 29.5 Å². The van der Waals surface area contributed by atoms with Crippen LogP contribution in [0, 0.1) is 10.1 Å². The smallest absolute Gasteiger partial charge is 0.286 e. The summed E-state index contributed by atoms with van der Waals surface area (Å²) in [5, 5.41) is 10.6. The first-order valence-electron chi connectivity index (χ1n) is 3.97. The van der Waals surface area contributed by atoms with E-state index in [0.717, 1.165) is 6.07 Å². The van der Waals surface area contributed by atoms with E-state index in [1.54, 1.807) is 0 Å². The maximum absolute atomic E-state index is 10.9. The highest BCUT2D eigenvalue weighted by atomic mass is 16.7. The quantitative estimate of drug-likeness (QED) is 0.562. The zero-order valence-corrected chi connectivity index (χ0v) is 7.43. The molecule has 0 fully saturated rings. The molecule has 78 valence electrons. The van der Waals surface area contributed by atoms with Crippen LogP contribution in [0.3, 0.4) is 0 Å². The van der Waals surface area contributed by atoms with E-state index in [1.807, 2.05) is 0 Å². The number of fused-ring (bicyclic) bond motifs is 1. The van der Waals surface area contributed by atoms with Gasteiger partial charge in [-0.05, 0) is 0 Å². The lowest BCUT2D eigenvalue weighted by atomic mass is 10.1. The summed E-state index contributed by atoms with van der Waals surface area (Å²) in [5.41, 5.74) is 4.43.